The van der Waals surface area contributed by atoms with Gasteiger partial charge in [0.2, 0.25) is 0 Å². The van der Waals surface area contributed by atoms with Crippen LogP contribution in [0.1, 0.15) is 35.2 Å². The highest BCUT2D eigenvalue weighted by atomic mass is 32.1. The van der Waals surface area contributed by atoms with Crippen LogP contribution >= 0.6 is 11.3 Å². The van der Waals surface area contributed by atoms with Crippen molar-refractivity contribution in [3.63, 3.8) is 0 Å². The summed E-state index contributed by atoms with van der Waals surface area (Å²) >= 11 is 1.68. The molecule has 6 nitrogen and oxygen atoms in total. The molecule has 30 heavy (non-hydrogen) atoms. The molecule has 150 valence electrons. The zero-order valence-electron chi connectivity index (χ0n) is 16.0. The van der Waals surface area contributed by atoms with Crippen molar-refractivity contribution in [1.29, 1.82) is 0 Å². The molecule has 0 unspecified atom stereocenters. The Hall–Kier alpha value is -3.45. The zero-order valence-corrected chi connectivity index (χ0v) is 16.8. The second kappa shape index (κ2) is 7.42. The van der Waals surface area contributed by atoms with Crippen LogP contribution in [0, 0.1) is 10.1 Å². The van der Waals surface area contributed by atoms with E-state index in [9.17, 15) is 14.9 Å². The molecule has 0 saturated carbocycles. The number of allylic oxidation sites excluding steroid dienone is 1. The van der Waals surface area contributed by atoms with E-state index in [2.05, 4.69) is 16.7 Å². The van der Waals surface area contributed by atoms with Gasteiger partial charge in [0.25, 0.3) is 5.69 Å². The van der Waals surface area contributed by atoms with Crippen LogP contribution in [0.5, 0.6) is 0 Å². The first-order chi connectivity index (χ1) is 14.6. The standard InChI is InChI=1S/C23H19N3O3S/c27-20-13-15(21-6-3-11-30-21)12-19-22(20)23(14-7-9-16(10-8-14)26(28)29)25-18-5-2-1-4-17(18)24-19/h1-11,15,23-25H,12-13H2/t15-,23-/m1/s1. The summed E-state index contributed by atoms with van der Waals surface area (Å²) < 4.78 is 0. The van der Waals surface area contributed by atoms with Crippen molar-refractivity contribution in [3.8, 4) is 0 Å². The molecule has 2 aliphatic rings. The number of benzene rings is 2. The number of carbonyl (C=O) groups is 1. The van der Waals surface area contributed by atoms with Gasteiger partial charge in [0.05, 0.1) is 22.3 Å². The van der Waals surface area contributed by atoms with Gasteiger partial charge in [-0.2, -0.15) is 0 Å². The average molecular weight is 417 g/mol. The number of nitrogens with one attached hydrogen (secondary N) is 2. The average Bonchev–Trinajstić information content (AvgIpc) is 3.23. The Morgan fingerprint density at radius 3 is 2.43 bits per heavy atom. The maximum absolute atomic E-state index is 13.4. The molecule has 0 amide bonds. The van der Waals surface area contributed by atoms with Crippen LogP contribution in [-0.4, -0.2) is 10.7 Å². The molecule has 2 N–H and O–H groups in total. The van der Waals surface area contributed by atoms with Gasteiger partial charge in [-0.1, -0.05) is 18.2 Å². The van der Waals surface area contributed by atoms with Crippen LogP contribution in [0.25, 0.3) is 0 Å². The van der Waals surface area contributed by atoms with Gasteiger partial charge in [-0.3, -0.25) is 14.9 Å². The number of thiophene rings is 1. The summed E-state index contributed by atoms with van der Waals surface area (Å²) in [5, 5.41) is 20.1. The van der Waals surface area contributed by atoms with Gasteiger partial charge >= 0.3 is 0 Å². The number of para-hydroxylation sites is 2. The minimum absolute atomic E-state index is 0.0350. The van der Waals surface area contributed by atoms with Crippen molar-refractivity contribution in [3.05, 3.63) is 97.9 Å². The number of anilines is 2. The summed E-state index contributed by atoms with van der Waals surface area (Å²) in [5.41, 5.74) is 4.32. The second-order valence-electron chi connectivity index (χ2n) is 7.53. The molecule has 2 aromatic carbocycles. The summed E-state index contributed by atoms with van der Waals surface area (Å²) in [6.07, 6.45) is 1.21. The molecular weight excluding hydrogens is 398 g/mol. The van der Waals surface area contributed by atoms with Crippen LogP contribution < -0.4 is 10.6 Å². The van der Waals surface area contributed by atoms with Crippen molar-refractivity contribution in [2.45, 2.75) is 24.8 Å². The van der Waals surface area contributed by atoms with E-state index in [-0.39, 0.29) is 23.4 Å². The van der Waals surface area contributed by atoms with E-state index in [4.69, 9.17) is 0 Å². The summed E-state index contributed by atoms with van der Waals surface area (Å²) in [6, 6.07) is 18.0. The number of Topliss-reactive ketones (excluding diaryl/α,β-unsaturated/α-hetero) is 1. The highest BCUT2D eigenvalue weighted by Crippen LogP contribution is 2.44. The highest BCUT2D eigenvalue weighted by Gasteiger charge is 2.36. The number of ketones is 1. The molecule has 2 heterocycles. The Morgan fingerprint density at radius 2 is 1.73 bits per heavy atom. The van der Waals surface area contributed by atoms with Gasteiger partial charge in [0.1, 0.15) is 0 Å². The molecule has 1 aromatic heterocycles. The normalized spacial score (nSPS) is 20.5. The van der Waals surface area contributed by atoms with Crippen molar-refractivity contribution in [2.75, 3.05) is 10.6 Å². The molecule has 0 radical (unpaired) electrons. The molecule has 1 aliphatic carbocycles. The van der Waals surface area contributed by atoms with Gasteiger partial charge in [-0.05, 0) is 47.7 Å². The molecule has 3 aromatic rings. The molecule has 7 heteroatoms. The van der Waals surface area contributed by atoms with Crippen LogP contribution in [0.3, 0.4) is 0 Å². The third-order valence-corrected chi connectivity index (χ3v) is 6.73. The number of nitro benzene ring substituents is 1. The Kier molecular flexibility index (Phi) is 4.59. The predicted octanol–water partition coefficient (Wildman–Crippen LogP) is 5.64. The van der Waals surface area contributed by atoms with Crippen LogP contribution in [0.15, 0.2) is 77.3 Å². The van der Waals surface area contributed by atoms with Crippen molar-refractivity contribution >= 4 is 34.2 Å². The lowest BCUT2D eigenvalue weighted by molar-refractivity contribution is -0.384. The highest BCUT2D eigenvalue weighted by molar-refractivity contribution is 7.10. The smallest absolute Gasteiger partial charge is 0.269 e. The van der Waals surface area contributed by atoms with Crippen molar-refractivity contribution in [2.24, 2.45) is 0 Å². The maximum Gasteiger partial charge on any atom is 0.269 e. The first-order valence-electron chi connectivity index (χ1n) is 9.77. The van der Waals surface area contributed by atoms with E-state index >= 15 is 0 Å². The van der Waals surface area contributed by atoms with Gasteiger partial charge < -0.3 is 10.6 Å². The maximum atomic E-state index is 13.4. The molecule has 2 atom stereocenters. The molecular formula is C23H19N3O3S. The number of fused-ring (bicyclic) bond motifs is 1. The minimum atomic E-state index is -0.413. The van der Waals surface area contributed by atoms with Crippen LogP contribution in [-0.2, 0) is 4.79 Å². The summed E-state index contributed by atoms with van der Waals surface area (Å²) in [5.74, 6) is 0.261. The molecule has 0 fully saturated rings. The number of rotatable bonds is 3. The summed E-state index contributed by atoms with van der Waals surface area (Å²) in [6.45, 7) is 0. The first kappa shape index (κ1) is 18.6. The largest absolute Gasteiger partial charge is 0.372 e. The van der Waals surface area contributed by atoms with Gasteiger partial charge in [-0.15, -0.1) is 11.3 Å². The molecule has 0 saturated heterocycles. The van der Waals surface area contributed by atoms with E-state index < -0.39 is 4.92 Å². The first-order valence-corrected chi connectivity index (χ1v) is 10.6. The van der Waals surface area contributed by atoms with E-state index in [0.29, 0.717) is 12.0 Å². The molecule has 1 aliphatic heterocycles. The third kappa shape index (κ3) is 3.27. The van der Waals surface area contributed by atoms with Crippen LogP contribution in [0.4, 0.5) is 17.1 Å². The lowest BCUT2D eigenvalue weighted by Gasteiger charge is -2.29. The number of hydrogen-bond acceptors (Lipinski definition) is 6. The number of non-ortho nitro benzene ring substituents is 1. The number of nitrogens with zero attached hydrogens (tertiary/aromatic N) is 1. The number of hydrogen-bond donors (Lipinski definition) is 2. The van der Waals surface area contributed by atoms with E-state index in [1.165, 1.54) is 17.0 Å². The molecule has 5 rings (SSSR count). The predicted molar refractivity (Wildman–Crippen MR) is 118 cm³/mol. The molecule has 0 spiro atoms. The quantitative estimate of drug-likeness (QED) is 0.426. The van der Waals surface area contributed by atoms with Gasteiger partial charge in [0, 0.05) is 40.6 Å². The van der Waals surface area contributed by atoms with Crippen molar-refractivity contribution in [1.82, 2.24) is 0 Å². The van der Waals surface area contributed by atoms with E-state index in [1.54, 1.807) is 23.5 Å². The zero-order chi connectivity index (χ0) is 20.7. The Labute approximate surface area is 177 Å². The van der Waals surface area contributed by atoms with Gasteiger partial charge in [0.15, 0.2) is 5.78 Å². The monoisotopic (exact) mass is 417 g/mol. The van der Waals surface area contributed by atoms with Crippen molar-refractivity contribution < 1.29 is 9.72 Å². The summed E-state index contributed by atoms with van der Waals surface area (Å²) in [4.78, 5) is 25.2. The van der Waals surface area contributed by atoms with Gasteiger partial charge in [-0.25, -0.2) is 0 Å². The molecule has 0 bridgehead atoms. The third-order valence-electron chi connectivity index (χ3n) is 5.69. The lowest BCUT2D eigenvalue weighted by Crippen LogP contribution is -2.26. The Balaban J connectivity index is 1.60. The minimum Gasteiger partial charge on any atom is -0.372 e. The SMILES string of the molecule is O=C1C[C@H](c2cccs2)CC2=C1[C@@H](c1ccc([N+](=O)[O-])cc1)Nc1ccccc1N2. The topological polar surface area (TPSA) is 84.3 Å². The fraction of sp³-hybridized carbons (Fsp3) is 0.174. The Bertz CT molecular complexity index is 1150. The van der Waals surface area contributed by atoms with Crippen LogP contribution in [0.2, 0.25) is 0 Å². The lowest BCUT2D eigenvalue weighted by atomic mass is 9.81. The summed E-state index contributed by atoms with van der Waals surface area (Å²) in [7, 11) is 0. The van der Waals surface area contributed by atoms with E-state index in [1.807, 2.05) is 35.7 Å². The Morgan fingerprint density at radius 1 is 0.967 bits per heavy atom. The number of carbonyl (C=O) groups excluding carboxylic acids is 1. The van der Waals surface area contributed by atoms with E-state index in [0.717, 1.165) is 29.1 Å². The fourth-order valence-electron chi connectivity index (χ4n) is 4.26. The number of nitro groups is 1. The fourth-order valence-corrected chi connectivity index (χ4v) is 5.09. The second-order valence-corrected chi connectivity index (χ2v) is 8.51.